The van der Waals surface area contributed by atoms with E-state index in [-0.39, 0.29) is 0 Å². The van der Waals surface area contributed by atoms with Crippen molar-refractivity contribution in [3.63, 3.8) is 0 Å². The predicted molar refractivity (Wildman–Crippen MR) is 82.5 cm³/mol. The summed E-state index contributed by atoms with van der Waals surface area (Å²) in [6.45, 7) is 0. The topological polar surface area (TPSA) is 62.2 Å². The summed E-state index contributed by atoms with van der Waals surface area (Å²) in [5, 5.41) is 8.21. The van der Waals surface area contributed by atoms with Gasteiger partial charge in [-0.15, -0.1) is 0 Å². The second kappa shape index (κ2) is 5.87. The van der Waals surface area contributed by atoms with Crippen LogP contribution in [0.2, 0.25) is 10.0 Å². The van der Waals surface area contributed by atoms with Crippen LogP contribution in [-0.2, 0) is 0 Å². The molecule has 0 atom stereocenters. The molecule has 0 unspecified atom stereocenters. The fraction of sp³-hybridized carbons (Fsp3) is 0. The number of nitrogens with two attached hydrogens (primary N) is 1. The lowest BCUT2D eigenvalue weighted by atomic mass is 10.1. The van der Waals surface area contributed by atoms with Crippen LogP contribution in [-0.4, -0.2) is 12.4 Å². The van der Waals surface area contributed by atoms with Gasteiger partial charge in [-0.25, -0.2) is 0 Å². The van der Waals surface area contributed by atoms with E-state index < -0.39 is 0 Å². The second-order valence-electron chi connectivity index (χ2n) is 3.89. The molecular formula is C14H11Cl2N3. The third-order valence-electron chi connectivity index (χ3n) is 2.53. The number of benzene rings is 2. The van der Waals surface area contributed by atoms with Gasteiger partial charge < -0.3 is 11.1 Å². The van der Waals surface area contributed by atoms with Crippen molar-refractivity contribution in [3.8, 4) is 0 Å². The van der Waals surface area contributed by atoms with E-state index >= 15 is 0 Å². The van der Waals surface area contributed by atoms with E-state index in [0.29, 0.717) is 27.0 Å². The fourth-order valence-corrected chi connectivity index (χ4v) is 1.81. The first-order valence-electron chi connectivity index (χ1n) is 5.49. The van der Waals surface area contributed by atoms with Crippen molar-refractivity contribution < 1.29 is 0 Å². The summed E-state index contributed by atoms with van der Waals surface area (Å²) in [6.07, 6.45) is 2.90. The van der Waals surface area contributed by atoms with Gasteiger partial charge in [0.05, 0.1) is 15.7 Å². The Labute approximate surface area is 121 Å². The molecule has 5 heteroatoms. The van der Waals surface area contributed by atoms with E-state index in [4.69, 9.17) is 34.3 Å². The van der Waals surface area contributed by atoms with Crippen molar-refractivity contribution in [1.29, 1.82) is 5.41 Å². The molecule has 2 aromatic carbocycles. The highest BCUT2D eigenvalue weighted by Gasteiger charge is 1.99. The van der Waals surface area contributed by atoms with Gasteiger partial charge in [0.15, 0.2) is 0 Å². The lowest BCUT2D eigenvalue weighted by molar-refractivity contribution is 1.51. The first-order valence-corrected chi connectivity index (χ1v) is 6.25. The van der Waals surface area contributed by atoms with E-state index in [9.17, 15) is 0 Å². The molecule has 0 amide bonds. The average molecular weight is 292 g/mol. The monoisotopic (exact) mass is 291 g/mol. The van der Waals surface area contributed by atoms with E-state index in [1.54, 1.807) is 36.5 Å². The van der Waals surface area contributed by atoms with E-state index in [2.05, 4.69) is 4.99 Å². The van der Waals surface area contributed by atoms with Gasteiger partial charge in [0.25, 0.3) is 0 Å². The first-order chi connectivity index (χ1) is 9.10. The number of nitrogen functional groups attached to an aromatic ring is 1. The van der Waals surface area contributed by atoms with Gasteiger partial charge in [-0.3, -0.25) is 4.99 Å². The van der Waals surface area contributed by atoms with Gasteiger partial charge in [0, 0.05) is 23.7 Å². The minimum atomic E-state index is 0.466. The molecule has 19 heavy (non-hydrogen) atoms. The van der Waals surface area contributed by atoms with Crippen LogP contribution < -0.4 is 5.73 Å². The highest BCUT2D eigenvalue weighted by molar-refractivity contribution is 6.42. The summed E-state index contributed by atoms with van der Waals surface area (Å²) >= 11 is 11.7. The molecule has 0 aliphatic carbocycles. The van der Waals surface area contributed by atoms with Gasteiger partial charge >= 0.3 is 0 Å². The van der Waals surface area contributed by atoms with Gasteiger partial charge in [-0.05, 0) is 35.9 Å². The van der Waals surface area contributed by atoms with Crippen molar-refractivity contribution in [2.75, 3.05) is 5.73 Å². The number of nitrogens with one attached hydrogen (secondary N) is 1. The zero-order chi connectivity index (χ0) is 13.8. The summed E-state index contributed by atoms with van der Waals surface area (Å²) in [5.74, 6) is 0. The molecule has 0 aliphatic heterocycles. The third kappa shape index (κ3) is 3.34. The van der Waals surface area contributed by atoms with Crippen LogP contribution in [0, 0.1) is 5.41 Å². The smallest absolute Gasteiger partial charge is 0.0645 e. The maximum Gasteiger partial charge on any atom is 0.0645 e. The predicted octanol–water partition coefficient (Wildman–Crippen LogP) is 4.32. The van der Waals surface area contributed by atoms with Crippen LogP contribution >= 0.6 is 23.2 Å². The molecule has 3 nitrogen and oxygen atoms in total. The second-order valence-corrected chi connectivity index (χ2v) is 4.70. The average Bonchev–Trinajstić information content (AvgIpc) is 2.41. The molecular weight excluding hydrogens is 281 g/mol. The summed E-state index contributed by atoms with van der Waals surface area (Å²) in [6, 6.07) is 10.5. The molecule has 96 valence electrons. The molecule has 0 saturated heterocycles. The minimum absolute atomic E-state index is 0.466. The summed E-state index contributed by atoms with van der Waals surface area (Å²) in [7, 11) is 0. The quantitative estimate of drug-likeness (QED) is 0.642. The van der Waals surface area contributed by atoms with E-state index in [0.717, 1.165) is 5.56 Å². The normalized spacial score (nSPS) is 10.8. The van der Waals surface area contributed by atoms with Crippen LogP contribution in [0.15, 0.2) is 41.4 Å². The van der Waals surface area contributed by atoms with Gasteiger partial charge in [0.2, 0.25) is 0 Å². The standard InChI is InChI=1S/C14H11Cl2N3/c15-12-3-2-11(6-13(12)16)19-8-9-1-4-14(18)10(5-9)7-17/h1-8,17H,18H2. The van der Waals surface area contributed by atoms with Crippen molar-refractivity contribution >= 4 is 47.0 Å². The lowest BCUT2D eigenvalue weighted by Crippen LogP contribution is -1.94. The number of hydrogen-bond acceptors (Lipinski definition) is 3. The van der Waals surface area contributed by atoms with Crippen LogP contribution in [0.5, 0.6) is 0 Å². The molecule has 0 spiro atoms. The SMILES string of the molecule is N=Cc1cc(C=Nc2ccc(Cl)c(Cl)c2)ccc1N. The highest BCUT2D eigenvalue weighted by atomic mass is 35.5. The number of halogens is 2. The molecule has 0 saturated carbocycles. The fourth-order valence-electron chi connectivity index (χ4n) is 1.51. The maximum absolute atomic E-state index is 7.25. The third-order valence-corrected chi connectivity index (χ3v) is 3.27. The minimum Gasteiger partial charge on any atom is -0.398 e. The molecule has 0 fully saturated rings. The van der Waals surface area contributed by atoms with Gasteiger partial charge in [-0.1, -0.05) is 29.3 Å². The Morgan fingerprint density at radius 1 is 1.05 bits per heavy atom. The zero-order valence-corrected chi connectivity index (χ0v) is 11.4. The van der Waals surface area contributed by atoms with Crippen molar-refractivity contribution in [2.24, 2.45) is 4.99 Å². The summed E-state index contributed by atoms with van der Waals surface area (Å²) in [5.41, 5.74) is 8.52. The first kappa shape index (κ1) is 13.6. The van der Waals surface area contributed by atoms with Crippen molar-refractivity contribution in [3.05, 3.63) is 57.6 Å². The largest absolute Gasteiger partial charge is 0.398 e. The van der Waals surface area contributed by atoms with E-state index in [1.165, 1.54) is 6.21 Å². The molecule has 0 aromatic heterocycles. The molecule has 3 N–H and O–H groups in total. The number of anilines is 1. The van der Waals surface area contributed by atoms with Crippen LogP contribution in [0.25, 0.3) is 0 Å². The van der Waals surface area contributed by atoms with Crippen LogP contribution in [0.4, 0.5) is 11.4 Å². The van der Waals surface area contributed by atoms with Crippen LogP contribution in [0.1, 0.15) is 11.1 Å². The Morgan fingerprint density at radius 2 is 1.84 bits per heavy atom. The molecule has 0 radical (unpaired) electrons. The Hall–Kier alpha value is -1.84. The highest BCUT2D eigenvalue weighted by Crippen LogP contribution is 2.26. The Kier molecular flexibility index (Phi) is 4.20. The summed E-state index contributed by atoms with van der Waals surface area (Å²) in [4.78, 5) is 4.30. The maximum atomic E-state index is 7.25. The van der Waals surface area contributed by atoms with Gasteiger partial charge in [0.1, 0.15) is 0 Å². The van der Waals surface area contributed by atoms with Gasteiger partial charge in [-0.2, -0.15) is 0 Å². The molecule has 2 rings (SSSR count). The molecule has 2 aromatic rings. The van der Waals surface area contributed by atoms with Crippen LogP contribution in [0.3, 0.4) is 0 Å². The summed E-state index contributed by atoms with van der Waals surface area (Å²) < 4.78 is 0. The Bertz CT molecular complexity index is 651. The van der Waals surface area contributed by atoms with Crippen molar-refractivity contribution in [2.45, 2.75) is 0 Å². The molecule has 0 aliphatic rings. The molecule has 0 heterocycles. The van der Waals surface area contributed by atoms with E-state index in [1.807, 2.05) is 6.07 Å². The Morgan fingerprint density at radius 3 is 2.53 bits per heavy atom. The number of nitrogens with zero attached hydrogens (tertiary/aromatic N) is 1. The zero-order valence-electron chi connectivity index (χ0n) is 9.90. The molecule has 0 bridgehead atoms. The Balaban J connectivity index is 2.27. The number of hydrogen-bond donors (Lipinski definition) is 2. The lowest BCUT2D eigenvalue weighted by Gasteiger charge is -2.01. The number of aliphatic imine (C=N–C) groups is 1. The number of rotatable bonds is 3. The van der Waals surface area contributed by atoms with Crippen molar-refractivity contribution in [1.82, 2.24) is 0 Å².